The van der Waals surface area contributed by atoms with Crippen molar-refractivity contribution in [1.82, 2.24) is 16.0 Å². The molecule has 0 aliphatic heterocycles. The van der Waals surface area contributed by atoms with Gasteiger partial charge in [-0.1, -0.05) is 42.5 Å². The van der Waals surface area contributed by atoms with Crippen LogP contribution in [-0.2, 0) is 11.3 Å². The standard InChI is InChI=1S/C18H21N3O3/c1-19-18(23)21-17(22)16(14-6-4-3-5-7-14)20-12-13-8-10-15(24-2)11-9-13/h3-11,16,20H,12H2,1-2H3,(H2,19,21,22,23)/t16-/m0/s1. The number of carbonyl (C=O) groups excluding carboxylic acids is 2. The van der Waals surface area contributed by atoms with Gasteiger partial charge in [0, 0.05) is 13.6 Å². The molecule has 0 heterocycles. The first-order chi connectivity index (χ1) is 11.6. The maximum atomic E-state index is 12.4. The van der Waals surface area contributed by atoms with Crippen LogP contribution in [0.2, 0.25) is 0 Å². The van der Waals surface area contributed by atoms with Gasteiger partial charge in [-0.3, -0.25) is 15.4 Å². The molecule has 126 valence electrons. The number of nitrogens with one attached hydrogen (secondary N) is 3. The number of imide groups is 1. The Bertz CT molecular complexity index is 672. The van der Waals surface area contributed by atoms with E-state index in [1.54, 1.807) is 7.11 Å². The summed E-state index contributed by atoms with van der Waals surface area (Å²) in [5.74, 6) is 0.366. The van der Waals surface area contributed by atoms with Crippen LogP contribution in [0.3, 0.4) is 0 Å². The Morgan fingerprint density at radius 2 is 1.71 bits per heavy atom. The largest absolute Gasteiger partial charge is 0.497 e. The number of rotatable bonds is 6. The predicted octanol–water partition coefficient (Wildman–Crippen LogP) is 1.98. The summed E-state index contributed by atoms with van der Waals surface area (Å²) in [4.78, 5) is 23.8. The smallest absolute Gasteiger partial charge is 0.321 e. The molecule has 0 bridgehead atoms. The Labute approximate surface area is 141 Å². The molecule has 0 unspecified atom stereocenters. The first-order valence-electron chi connectivity index (χ1n) is 7.58. The minimum atomic E-state index is -0.634. The van der Waals surface area contributed by atoms with E-state index in [-0.39, 0.29) is 0 Å². The Morgan fingerprint density at radius 1 is 1.04 bits per heavy atom. The zero-order chi connectivity index (χ0) is 17.4. The predicted molar refractivity (Wildman–Crippen MR) is 91.6 cm³/mol. The monoisotopic (exact) mass is 327 g/mol. The molecule has 0 fully saturated rings. The fourth-order valence-corrected chi connectivity index (χ4v) is 2.22. The first kappa shape index (κ1) is 17.5. The molecular formula is C18H21N3O3. The van der Waals surface area contributed by atoms with Crippen molar-refractivity contribution in [2.75, 3.05) is 14.2 Å². The summed E-state index contributed by atoms with van der Waals surface area (Å²) in [7, 11) is 3.08. The number of carbonyl (C=O) groups is 2. The van der Waals surface area contributed by atoms with Gasteiger partial charge in [-0.05, 0) is 23.3 Å². The minimum absolute atomic E-state index is 0.408. The van der Waals surface area contributed by atoms with Gasteiger partial charge in [0.05, 0.1) is 7.11 Å². The van der Waals surface area contributed by atoms with Crippen LogP contribution in [0.1, 0.15) is 17.2 Å². The van der Waals surface area contributed by atoms with E-state index in [4.69, 9.17) is 4.74 Å². The van der Waals surface area contributed by atoms with E-state index in [9.17, 15) is 9.59 Å². The first-order valence-corrected chi connectivity index (χ1v) is 7.58. The van der Waals surface area contributed by atoms with Gasteiger partial charge >= 0.3 is 6.03 Å². The normalized spacial score (nSPS) is 11.4. The molecule has 0 saturated heterocycles. The lowest BCUT2D eigenvalue weighted by atomic mass is 10.1. The molecule has 3 N–H and O–H groups in total. The third-order valence-corrected chi connectivity index (χ3v) is 3.53. The fourth-order valence-electron chi connectivity index (χ4n) is 2.22. The molecule has 1 atom stereocenters. The molecule has 2 aromatic carbocycles. The van der Waals surface area contributed by atoms with Crippen molar-refractivity contribution >= 4 is 11.9 Å². The molecule has 0 aliphatic carbocycles. The van der Waals surface area contributed by atoms with E-state index in [1.165, 1.54) is 7.05 Å². The Hall–Kier alpha value is -2.86. The number of urea groups is 1. The zero-order valence-corrected chi connectivity index (χ0v) is 13.7. The van der Waals surface area contributed by atoms with Crippen molar-refractivity contribution in [3.05, 3.63) is 65.7 Å². The summed E-state index contributed by atoms with van der Waals surface area (Å²) in [6.45, 7) is 0.477. The van der Waals surface area contributed by atoms with Crippen LogP contribution in [0, 0.1) is 0 Å². The Kier molecular flexibility index (Phi) is 6.33. The SMILES string of the molecule is CNC(=O)NC(=O)[C@@H](NCc1ccc(OC)cc1)c1ccccc1. The summed E-state index contributed by atoms with van der Waals surface area (Å²) in [6, 6.07) is 15.7. The summed E-state index contributed by atoms with van der Waals surface area (Å²) < 4.78 is 5.13. The van der Waals surface area contributed by atoms with Crippen molar-refractivity contribution in [3.8, 4) is 5.75 Å². The molecule has 0 aromatic heterocycles. The molecule has 0 saturated carbocycles. The van der Waals surface area contributed by atoms with Gasteiger partial charge in [-0.25, -0.2) is 4.79 Å². The number of benzene rings is 2. The number of amides is 3. The van der Waals surface area contributed by atoms with Gasteiger partial charge in [0.25, 0.3) is 0 Å². The van der Waals surface area contributed by atoms with Gasteiger partial charge in [0.2, 0.25) is 5.91 Å². The van der Waals surface area contributed by atoms with E-state index in [0.717, 1.165) is 16.9 Å². The molecule has 3 amide bonds. The summed E-state index contributed by atoms with van der Waals surface area (Å²) in [6.07, 6.45) is 0. The number of ether oxygens (including phenoxy) is 1. The van der Waals surface area contributed by atoms with Gasteiger partial charge in [-0.2, -0.15) is 0 Å². The van der Waals surface area contributed by atoms with Crippen molar-refractivity contribution in [2.24, 2.45) is 0 Å². The van der Waals surface area contributed by atoms with E-state index < -0.39 is 18.0 Å². The highest BCUT2D eigenvalue weighted by Crippen LogP contribution is 2.15. The molecule has 6 nitrogen and oxygen atoms in total. The molecule has 0 radical (unpaired) electrons. The van der Waals surface area contributed by atoms with Crippen LogP contribution in [0.4, 0.5) is 4.79 Å². The molecule has 0 aliphatic rings. The second-order valence-corrected chi connectivity index (χ2v) is 5.14. The lowest BCUT2D eigenvalue weighted by Crippen LogP contribution is -2.43. The average molecular weight is 327 g/mol. The second-order valence-electron chi connectivity index (χ2n) is 5.14. The lowest BCUT2D eigenvalue weighted by Gasteiger charge is -2.18. The van der Waals surface area contributed by atoms with Crippen molar-refractivity contribution < 1.29 is 14.3 Å². The molecule has 2 rings (SSSR count). The Balaban J connectivity index is 2.10. The van der Waals surface area contributed by atoms with Crippen LogP contribution in [0.5, 0.6) is 5.75 Å². The molecular weight excluding hydrogens is 306 g/mol. The molecule has 6 heteroatoms. The van der Waals surface area contributed by atoms with Gasteiger partial charge in [0.1, 0.15) is 11.8 Å². The average Bonchev–Trinajstić information content (AvgIpc) is 2.63. The van der Waals surface area contributed by atoms with Crippen molar-refractivity contribution in [3.63, 3.8) is 0 Å². The van der Waals surface area contributed by atoms with Crippen molar-refractivity contribution in [2.45, 2.75) is 12.6 Å². The van der Waals surface area contributed by atoms with E-state index in [1.807, 2.05) is 54.6 Å². The van der Waals surface area contributed by atoms with E-state index in [0.29, 0.717) is 6.54 Å². The summed E-state index contributed by atoms with van der Waals surface area (Å²) in [5, 5.41) is 7.87. The second kappa shape index (κ2) is 8.69. The van der Waals surface area contributed by atoms with Crippen LogP contribution in [-0.4, -0.2) is 26.1 Å². The van der Waals surface area contributed by atoms with Crippen LogP contribution in [0.25, 0.3) is 0 Å². The third-order valence-electron chi connectivity index (χ3n) is 3.53. The van der Waals surface area contributed by atoms with Gasteiger partial charge in [-0.15, -0.1) is 0 Å². The van der Waals surface area contributed by atoms with Crippen LogP contribution in [0.15, 0.2) is 54.6 Å². The van der Waals surface area contributed by atoms with Crippen LogP contribution < -0.4 is 20.7 Å². The van der Waals surface area contributed by atoms with E-state index >= 15 is 0 Å². The number of hydrogen-bond donors (Lipinski definition) is 3. The molecule has 2 aromatic rings. The van der Waals surface area contributed by atoms with Crippen molar-refractivity contribution in [1.29, 1.82) is 0 Å². The zero-order valence-electron chi connectivity index (χ0n) is 13.7. The maximum Gasteiger partial charge on any atom is 0.321 e. The highest BCUT2D eigenvalue weighted by molar-refractivity contribution is 5.97. The maximum absolute atomic E-state index is 12.4. The highest BCUT2D eigenvalue weighted by Gasteiger charge is 2.21. The lowest BCUT2D eigenvalue weighted by molar-refractivity contribution is -0.122. The van der Waals surface area contributed by atoms with Crippen LogP contribution >= 0.6 is 0 Å². The summed E-state index contributed by atoms with van der Waals surface area (Å²) >= 11 is 0. The fraction of sp³-hybridized carbons (Fsp3) is 0.222. The molecule has 24 heavy (non-hydrogen) atoms. The quantitative estimate of drug-likeness (QED) is 0.758. The highest BCUT2D eigenvalue weighted by atomic mass is 16.5. The van der Waals surface area contributed by atoms with E-state index in [2.05, 4.69) is 16.0 Å². The molecule has 0 spiro atoms. The van der Waals surface area contributed by atoms with Gasteiger partial charge in [0.15, 0.2) is 0 Å². The van der Waals surface area contributed by atoms with Gasteiger partial charge < -0.3 is 10.1 Å². The number of hydrogen-bond acceptors (Lipinski definition) is 4. The Morgan fingerprint density at radius 3 is 2.29 bits per heavy atom. The third kappa shape index (κ3) is 4.82. The topological polar surface area (TPSA) is 79.5 Å². The number of methoxy groups -OCH3 is 1. The minimum Gasteiger partial charge on any atom is -0.497 e. The summed E-state index contributed by atoms with van der Waals surface area (Å²) in [5.41, 5.74) is 1.79.